The third-order valence-corrected chi connectivity index (χ3v) is 3.55. The van der Waals surface area contributed by atoms with E-state index in [0.717, 1.165) is 28.6 Å². The molecule has 1 aliphatic carbocycles. The molecule has 0 saturated carbocycles. The van der Waals surface area contributed by atoms with E-state index in [-0.39, 0.29) is 5.92 Å². The second kappa shape index (κ2) is 3.25. The van der Waals surface area contributed by atoms with Gasteiger partial charge < -0.3 is 10.1 Å². The highest BCUT2D eigenvalue weighted by Gasteiger charge is 2.32. The fourth-order valence-electron chi connectivity index (χ4n) is 2.53. The number of H-pyrrole nitrogens is 1. The number of para-hydroxylation sites is 1. The van der Waals surface area contributed by atoms with Crippen molar-refractivity contribution in [1.82, 2.24) is 4.98 Å². The first-order valence-corrected chi connectivity index (χ1v) is 5.58. The van der Waals surface area contributed by atoms with Gasteiger partial charge in [-0.25, -0.2) is 0 Å². The summed E-state index contributed by atoms with van der Waals surface area (Å²) in [6.45, 7) is 0. The number of nitrogens with one attached hydrogen (secondary N) is 1. The Morgan fingerprint density at radius 2 is 2.31 bits per heavy atom. The number of aromatic amines is 1. The molecule has 16 heavy (non-hydrogen) atoms. The van der Waals surface area contributed by atoms with Crippen LogP contribution in [0.3, 0.4) is 0 Å². The van der Waals surface area contributed by atoms with Gasteiger partial charge in [0.2, 0.25) is 0 Å². The summed E-state index contributed by atoms with van der Waals surface area (Å²) in [6, 6.07) is 5.60. The predicted octanol–water partition coefficient (Wildman–Crippen LogP) is 2.94. The maximum Gasteiger partial charge on any atom is 0.311 e. The van der Waals surface area contributed by atoms with Crippen molar-refractivity contribution in [1.29, 1.82) is 0 Å². The Kier molecular flexibility index (Phi) is 1.98. The van der Waals surface area contributed by atoms with Crippen LogP contribution in [-0.4, -0.2) is 16.1 Å². The summed E-state index contributed by atoms with van der Waals surface area (Å²) in [5.41, 5.74) is 2.81. The summed E-state index contributed by atoms with van der Waals surface area (Å²) < 4.78 is 0. The summed E-state index contributed by atoms with van der Waals surface area (Å²) in [7, 11) is 0. The minimum absolute atomic E-state index is 0.387. The molecule has 2 aromatic rings. The van der Waals surface area contributed by atoms with Crippen LogP contribution in [0.15, 0.2) is 18.2 Å². The van der Waals surface area contributed by atoms with Crippen LogP contribution in [0.1, 0.15) is 23.6 Å². The second-order valence-electron chi connectivity index (χ2n) is 4.11. The molecule has 1 heterocycles. The predicted molar refractivity (Wildman–Crippen MR) is 62.0 cm³/mol. The molecule has 1 aliphatic rings. The molecule has 0 amide bonds. The third kappa shape index (κ3) is 1.18. The molecule has 1 aromatic carbocycles. The minimum atomic E-state index is -0.750. The van der Waals surface area contributed by atoms with Gasteiger partial charge in [0.25, 0.3) is 0 Å². The lowest BCUT2D eigenvalue weighted by molar-refractivity contribution is -0.138. The van der Waals surface area contributed by atoms with Crippen molar-refractivity contribution in [2.24, 2.45) is 0 Å². The fraction of sp³-hybridized carbons (Fsp3) is 0.250. The summed E-state index contributed by atoms with van der Waals surface area (Å²) in [4.78, 5) is 14.4. The van der Waals surface area contributed by atoms with E-state index in [2.05, 4.69) is 4.98 Å². The lowest BCUT2D eigenvalue weighted by Gasteiger charge is -2.04. The van der Waals surface area contributed by atoms with E-state index in [9.17, 15) is 4.79 Å². The highest BCUT2D eigenvalue weighted by Crippen LogP contribution is 2.40. The molecule has 0 spiro atoms. The number of carboxylic acid groups (broad SMARTS) is 1. The number of fused-ring (bicyclic) bond motifs is 3. The van der Waals surface area contributed by atoms with Crippen LogP contribution in [0.25, 0.3) is 10.9 Å². The number of carboxylic acids is 1. The molecular formula is C12H10ClNO2. The van der Waals surface area contributed by atoms with Crippen LogP contribution < -0.4 is 0 Å². The quantitative estimate of drug-likeness (QED) is 0.799. The van der Waals surface area contributed by atoms with E-state index >= 15 is 0 Å². The van der Waals surface area contributed by atoms with Gasteiger partial charge in [-0.2, -0.15) is 0 Å². The van der Waals surface area contributed by atoms with Crippen molar-refractivity contribution in [2.45, 2.75) is 18.8 Å². The van der Waals surface area contributed by atoms with E-state index in [1.807, 2.05) is 18.2 Å². The van der Waals surface area contributed by atoms with Crippen LogP contribution in [0.4, 0.5) is 0 Å². The van der Waals surface area contributed by atoms with Crippen LogP contribution in [-0.2, 0) is 11.2 Å². The number of benzene rings is 1. The molecule has 0 radical (unpaired) electrons. The van der Waals surface area contributed by atoms with Crippen LogP contribution in [0, 0.1) is 0 Å². The van der Waals surface area contributed by atoms with Gasteiger partial charge >= 0.3 is 5.97 Å². The van der Waals surface area contributed by atoms with E-state index in [1.165, 1.54) is 0 Å². The van der Waals surface area contributed by atoms with Gasteiger partial charge in [0.15, 0.2) is 0 Å². The van der Waals surface area contributed by atoms with Gasteiger partial charge in [0.05, 0.1) is 16.5 Å². The van der Waals surface area contributed by atoms with Crippen molar-refractivity contribution in [2.75, 3.05) is 0 Å². The number of aliphatic carboxylic acids is 1. The molecular weight excluding hydrogens is 226 g/mol. The van der Waals surface area contributed by atoms with Crippen molar-refractivity contribution >= 4 is 28.5 Å². The maximum atomic E-state index is 11.1. The van der Waals surface area contributed by atoms with E-state index in [4.69, 9.17) is 16.7 Å². The molecule has 0 bridgehead atoms. The van der Waals surface area contributed by atoms with Crippen LogP contribution in [0.2, 0.25) is 5.02 Å². The normalized spacial score (nSPS) is 18.9. The van der Waals surface area contributed by atoms with Gasteiger partial charge in [-0.05, 0) is 24.5 Å². The van der Waals surface area contributed by atoms with Gasteiger partial charge in [0, 0.05) is 11.1 Å². The molecule has 0 aliphatic heterocycles. The molecule has 2 N–H and O–H groups in total. The average Bonchev–Trinajstić information content (AvgIpc) is 2.77. The van der Waals surface area contributed by atoms with Gasteiger partial charge in [-0.1, -0.05) is 23.7 Å². The molecule has 82 valence electrons. The number of halogens is 1. The van der Waals surface area contributed by atoms with Gasteiger partial charge in [-0.15, -0.1) is 0 Å². The van der Waals surface area contributed by atoms with Crippen molar-refractivity contribution < 1.29 is 9.90 Å². The zero-order chi connectivity index (χ0) is 11.3. The number of carbonyl (C=O) groups is 1. The molecule has 0 fully saturated rings. The topological polar surface area (TPSA) is 53.1 Å². The number of rotatable bonds is 1. The van der Waals surface area contributed by atoms with Crippen molar-refractivity contribution in [3.63, 3.8) is 0 Å². The summed E-state index contributed by atoms with van der Waals surface area (Å²) in [6.07, 6.45) is 1.47. The number of aryl methyl sites for hydroxylation is 1. The zero-order valence-electron chi connectivity index (χ0n) is 8.46. The first kappa shape index (κ1) is 9.73. The largest absolute Gasteiger partial charge is 0.481 e. The summed E-state index contributed by atoms with van der Waals surface area (Å²) in [5.74, 6) is -1.14. The Hall–Kier alpha value is -1.48. The van der Waals surface area contributed by atoms with Crippen LogP contribution in [0.5, 0.6) is 0 Å². The summed E-state index contributed by atoms with van der Waals surface area (Å²) in [5, 5.41) is 10.8. The van der Waals surface area contributed by atoms with E-state index < -0.39 is 5.97 Å². The SMILES string of the molecule is O=C(O)C1CCc2[nH]c3c(Cl)cccc3c21. The lowest BCUT2D eigenvalue weighted by atomic mass is 10.0. The van der Waals surface area contributed by atoms with E-state index in [1.54, 1.807) is 0 Å². The van der Waals surface area contributed by atoms with E-state index in [0.29, 0.717) is 11.4 Å². The van der Waals surface area contributed by atoms with Crippen molar-refractivity contribution in [3.05, 3.63) is 34.5 Å². The molecule has 0 saturated heterocycles. The first-order chi connectivity index (χ1) is 7.68. The summed E-state index contributed by atoms with van der Waals surface area (Å²) >= 11 is 6.07. The molecule has 1 aromatic heterocycles. The molecule has 4 heteroatoms. The Morgan fingerprint density at radius 1 is 1.50 bits per heavy atom. The number of aromatic nitrogens is 1. The number of hydrogen-bond acceptors (Lipinski definition) is 1. The zero-order valence-corrected chi connectivity index (χ0v) is 9.21. The first-order valence-electron chi connectivity index (χ1n) is 5.20. The number of hydrogen-bond donors (Lipinski definition) is 2. The Morgan fingerprint density at radius 3 is 3.06 bits per heavy atom. The van der Waals surface area contributed by atoms with Gasteiger partial charge in [-0.3, -0.25) is 4.79 Å². The molecule has 3 rings (SSSR count). The second-order valence-corrected chi connectivity index (χ2v) is 4.52. The fourth-order valence-corrected chi connectivity index (χ4v) is 2.75. The van der Waals surface area contributed by atoms with Crippen molar-refractivity contribution in [3.8, 4) is 0 Å². The molecule has 1 atom stereocenters. The molecule has 3 nitrogen and oxygen atoms in total. The average molecular weight is 236 g/mol. The van der Waals surface area contributed by atoms with Crippen LogP contribution >= 0.6 is 11.6 Å². The minimum Gasteiger partial charge on any atom is -0.481 e. The smallest absolute Gasteiger partial charge is 0.311 e. The van der Waals surface area contributed by atoms with Gasteiger partial charge in [0.1, 0.15) is 0 Å². The lowest BCUT2D eigenvalue weighted by Crippen LogP contribution is -2.07. The monoisotopic (exact) mass is 235 g/mol. The Bertz CT molecular complexity index is 588. The highest BCUT2D eigenvalue weighted by atomic mass is 35.5. The Balaban J connectivity index is 2.31. The Labute approximate surface area is 97.0 Å². The highest BCUT2D eigenvalue weighted by molar-refractivity contribution is 6.35. The standard InChI is InChI=1S/C12H10ClNO2/c13-8-3-1-2-6-10-7(12(15)16)4-5-9(10)14-11(6)8/h1-3,7,14H,4-5H2,(H,15,16). The molecule has 1 unspecified atom stereocenters. The maximum absolute atomic E-state index is 11.1. The third-order valence-electron chi connectivity index (χ3n) is 3.23.